The number of carboxylic acid groups (broad SMARTS) is 1. The molecule has 0 heterocycles. The second kappa shape index (κ2) is 10.8. The second-order valence-corrected chi connectivity index (χ2v) is 5.15. The number of hydrogen-bond acceptors (Lipinski definition) is 5. The maximum Gasteiger partial charge on any atom is 0.334 e. The van der Waals surface area contributed by atoms with Crippen LogP contribution < -0.4 is 0 Å². The summed E-state index contributed by atoms with van der Waals surface area (Å²) < 4.78 is 4.32. The van der Waals surface area contributed by atoms with Crippen molar-refractivity contribution in [2.75, 3.05) is 7.11 Å². The molecule has 19 heavy (non-hydrogen) atoms. The first-order valence-electron chi connectivity index (χ1n) is 6.28. The summed E-state index contributed by atoms with van der Waals surface area (Å²) in [4.78, 5) is 20.6. The van der Waals surface area contributed by atoms with E-state index in [1.807, 2.05) is 27.7 Å². The van der Waals surface area contributed by atoms with Gasteiger partial charge in [-0.25, -0.2) is 9.59 Å². The van der Waals surface area contributed by atoms with Gasteiger partial charge in [0.25, 0.3) is 0 Å². The molecule has 2 atom stereocenters. The highest BCUT2D eigenvalue weighted by atomic mass is 16.5. The Labute approximate surface area is 114 Å². The summed E-state index contributed by atoms with van der Waals surface area (Å²) in [5.74, 6) is -1.14. The third-order valence-electron chi connectivity index (χ3n) is 2.15. The second-order valence-electron chi connectivity index (χ2n) is 5.15. The zero-order valence-electron chi connectivity index (χ0n) is 12.3. The number of aliphatic carboxylic acids is 1. The molecule has 0 amide bonds. The van der Waals surface area contributed by atoms with Crippen LogP contribution in [0, 0.1) is 11.8 Å². The molecule has 0 aromatic carbocycles. The minimum absolute atomic E-state index is 0.232. The van der Waals surface area contributed by atoms with E-state index < -0.39 is 24.1 Å². The van der Waals surface area contributed by atoms with E-state index in [9.17, 15) is 9.59 Å². The average Bonchev–Trinajstić information content (AvgIpc) is 2.26. The molecule has 0 aliphatic heterocycles. The van der Waals surface area contributed by atoms with E-state index >= 15 is 0 Å². The molecule has 0 aromatic heterocycles. The number of rotatable bonds is 6. The summed E-state index contributed by atoms with van der Waals surface area (Å²) in [6, 6.07) is 0. The van der Waals surface area contributed by atoms with E-state index in [4.69, 9.17) is 15.3 Å². The number of carbonyl (C=O) groups excluding carboxylic acids is 1. The van der Waals surface area contributed by atoms with Crippen molar-refractivity contribution in [2.24, 2.45) is 11.8 Å². The molecule has 0 rings (SSSR count). The molecule has 0 aliphatic carbocycles. The number of aliphatic hydroxyl groups is 2. The molecule has 0 radical (unpaired) electrons. The van der Waals surface area contributed by atoms with Gasteiger partial charge in [-0.05, 0) is 24.7 Å². The van der Waals surface area contributed by atoms with Crippen molar-refractivity contribution in [3.8, 4) is 0 Å². The van der Waals surface area contributed by atoms with E-state index in [0.717, 1.165) is 0 Å². The summed E-state index contributed by atoms with van der Waals surface area (Å²) in [5.41, 5.74) is 0. The zero-order chi connectivity index (χ0) is 15.6. The molecular formula is C13H26O6. The zero-order valence-corrected chi connectivity index (χ0v) is 12.3. The number of carboxylic acids is 1. The number of aliphatic hydroxyl groups excluding tert-OH is 2. The maximum atomic E-state index is 10.6. The predicted octanol–water partition coefficient (Wildman–Crippen LogP) is 1.04. The Morgan fingerprint density at radius 3 is 1.53 bits per heavy atom. The standard InChI is InChI=1S/C7H14O3.C6H12O3/c1-5(2)4-6(8)7(9)10-3;1-4(2)3-5(7)6(8)9/h5-6,8H,4H2,1-3H3;4-5,7H,3H2,1-2H3,(H,8,9)/t6-;5-/m00/s1. The van der Waals surface area contributed by atoms with Crippen molar-refractivity contribution < 1.29 is 29.6 Å². The fourth-order valence-corrected chi connectivity index (χ4v) is 1.23. The smallest absolute Gasteiger partial charge is 0.334 e. The first-order valence-corrected chi connectivity index (χ1v) is 6.28. The highest BCUT2D eigenvalue weighted by Gasteiger charge is 2.16. The molecule has 6 heteroatoms. The molecule has 3 N–H and O–H groups in total. The van der Waals surface area contributed by atoms with E-state index in [1.54, 1.807) is 0 Å². The minimum atomic E-state index is -1.19. The van der Waals surface area contributed by atoms with Crippen LogP contribution in [0.4, 0.5) is 0 Å². The molecule has 0 aromatic rings. The quantitative estimate of drug-likeness (QED) is 0.627. The molecule has 0 spiro atoms. The Morgan fingerprint density at radius 1 is 0.947 bits per heavy atom. The van der Waals surface area contributed by atoms with Gasteiger partial charge in [0.1, 0.15) is 0 Å². The predicted molar refractivity (Wildman–Crippen MR) is 70.6 cm³/mol. The van der Waals surface area contributed by atoms with Crippen LogP contribution in [0.1, 0.15) is 40.5 Å². The third-order valence-corrected chi connectivity index (χ3v) is 2.15. The van der Waals surface area contributed by atoms with Crippen LogP contribution in [0.5, 0.6) is 0 Å². The lowest BCUT2D eigenvalue weighted by molar-refractivity contribution is -0.151. The molecule has 0 fully saturated rings. The Bertz CT molecular complexity index is 262. The van der Waals surface area contributed by atoms with Crippen LogP contribution in [0.15, 0.2) is 0 Å². The third kappa shape index (κ3) is 13.1. The maximum absolute atomic E-state index is 10.6. The van der Waals surface area contributed by atoms with Crippen LogP contribution in [0.3, 0.4) is 0 Å². The highest BCUT2D eigenvalue weighted by molar-refractivity contribution is 5.74. The Morgan fingerprint density at radius 2 is 1.32 bits per heavy atom. The molecular weight excluding hydrogens is 252 g/mol. The number of hydrogen-bond donors (Lipinski definition) is 3. The van der Waals surface area contributed by atoms with E-state index in [0.29, 0.717) is 18.8 Å². The first kappa shape index (κ1) is 20.2. The van der Waals surface area contributed by atoms with Crippen molar-refractivity contribution >= 4 is 11.9 Å². The van der Waals surface area contributed by atoms with Crippen LogP contribution in [0.25, 0.3) is 0 Å². The molecule has 6 nitrogen and oxygen atoms in total. The van der Waals surface area contributed by atoms with Crippen LogP contribution in [-0.2, 0) is 14.3 Å². The van der Waals surface area contributed by atoms with Gasteiger partial charge in [0.05, 0.1) is 7.11 Å². The molecule has 0 saturated carbocycles. The van der Waals surface area contributed by atoms with E-state index in [-0.39, 0.29) is 5.92 Å². The van der Waals surface area contributed by atoms with Crippen molar-refractivity contribution in [1.82, 2.24) is 0 Å². The Kier molecular flexibility index (Phi) is 11.4. The Hall–Kier alpha value is -1.14. The minimum Gasteiger partial charge on any atom is -0.479 e. The molecule has 0 aliphatic rings. The average molecular weight is 278 g/mol. The van der Waals surface area contributed by atoms with Gasteiger partial charge in [-0.3, -0.25) is 0 Å². The SMILES string of the molecule is CC(C)C[C@H](O)C(=O)O.COC(=O)[C@@H](O)CC(C)C. The van der Waals surface area contributed by atoms with E-state index in [1.165, 1.54) is 7.11 Å². The number of methoxy groups -OCH3 is 1. The van der Waals surface area contributed by atoms with Gasteiger partial charge in [0.2, 0.25) is 0 Å². The van der Waals surface area contributed by atoms with Gasteiger partial charge in [-0.15, -0.1) is 0 Å². The van der Waals surface area contributed by atoms with Crippen molar-refractivity contribution in [2.45, 2.75) is 52.7 Å². The van der Waals surface area contributed by atoms with Crippen molar-refractivity contribution in [1.29, 1.82) is 0 Å². The van der Waals surface area contributed by atoms with E-state index in [2.05, 4.69) is 4.74 Å². The van der Waals surface area contributed by atoms with Crippen molar-refractivity contribution in [3.05, 3.63) is 0 Å². The fourth-order valence-electron chi connectivity index (χ4n) is 1.23. The summed E-state index contributed by atoms with van der Waals surface area (Å²) in [5, 5.41) is 25.9. The fraction of sp³-hybridized carbons (Fsp3) is 0.846. The molecule has 0 saturated heterocycles. The molecule has 0 bridgehead atoms. The van der Waals surface area contributed by atoms with Gasteiger partial charge in [-0.1, -0.05) is 27.7 Å². The van der Waals surface area contributed by atoms with Gasteiger partial charge < -0.3 is 20.1 Å². The molecule has 0 unspecified atom stereocenters. The summed E-state index contributed by atoms with van der Waals surface area (Å²) >= 11 is 0. The topological polar surface area (TPSA) is 104 Å². The number of ether oxygens (including phenoxy) is 1. The number of carbonyl (C=O) groups is 2. The highest BCUT2D eigenvalue weighted by Crippen LogP contribution is 2.05. The normalized spacial score (nSPS) is 13.5. The van der Waals surface area contributed by atoms with Crippen LogP contribution in [0.2, 0.25) is 0 Å². The monoisotopic (exact) mass is 278 g/mol. The van der Waals surface area contributed by atoms with Gasteiger partial charge in [0, 0.05) is 0 Å². The van der Waals surface area contributed by atoms with Gasteiger partial charge in [-0.2, -0.15) is 0 Å². The summed E-state index contributed by atoms with van der Waals surface area (Å²) in [6.07, 6.45) is -1.35. The summed E-state index contributed by atoms with van der Waals surface area (Å²) in [6.45, 7) is 7.61. The lowest BCUT2D eigenvalue weighted by Crippen LogP contribution is -2.23. The lowest BCUT2D eigenvalue weighted by Gasteiger charge is -2.09. The lowest BCUT2D eigenvalue weighted by atomic mass is 10.1. The Balaban J connectivity index is 0. The van der Waals surface area contributed by atoms with Gasteiger partial charge in [0.15, 0.2) is 12.2 Å². The van der Waals surface area contributed by atoms with Gasteiger partial charge >= 0.3 is 11.9 Å². The molecule has 114 valence electrons. The van der Waals surface area contributed by atoms with Crippen LogP contribution >= 0.6 is 0 Å². The van der Waals surface area contributed by atoms with Crippen molar-refractivity contribution in [3.63, 3.8) is 0 Å². The van der Waals surface area contributed by atoms with Crippen LogP contribution in [-0.4, -0.2) is 46.6 Å². The summed E-state index contributed by atoms with van der Waals surface area (Å²) in [7, 11) is 1.27. The first-order chi connectivity index (χ1) is 8.61. The largest absolute Gasteiger partial charge is 0.479 e. The number of esters is 1.